The summed E-state index contributed by atoms with van der Waals surface area (Å²) in [5.41, 5.74) is 0.470. The number of amides is 2. The maximum atomic E-state index is 12.9. The van der Waals surface area contributed by atoms with Gasteiger partial charge in [0, 0.05) is 11.5 Å². The van der Waals surface area contributed by atoms with Crippen LogP contribution in [0.5, 0.6) is 17.2 Å². The van der Waals surface area contributed by atoms with Crippen LogP contribution in [0.2, 0.25) is 0 Å². The third-order valence-corrected chi connectivity index (χ3v) is 6.04. The van der Waals surface area contributed by atoms with Gasteiger partial charge in [0.1, 0.15) is 18.0 Å². The van der Waals surface area contributed by atoms with Crippen molar-refractivity contribution in [2.24, 2.45) is 5.92 Å². The van der Waals surface area contributed by atoms with Crippen LogP contribution < -0.4 is 20.1 Å². The average molecular weight is 438 g/mol. The second-order valence-electron chi connectivity index (χ2n) is 8.35. The van der Waals surface area contributed by atoms with Gasteiger partial charge >= 0.3 is 0 Å². The number of ether oxygens (including phenoxy) is 4. The molecule has 0 spiro atoms. The van der Waals surface area contributed by atoms with Crippen molar-refractivity contribution in [1.29, 1.82) is 0 Å². The molecule has 2 heterocycles. The van der Waals surface area contributed by atoms with E-state index in [0.717, 1.165) is 12.8 Å². The summed E-state index contributed by atoms with van der Waals surface area (Å²) in [6.07, 6.45) is 1.37. The lowest BCUT2D eigenvalue weighted by atomic mass is 10.1. The van der Waals surface area contributed by atoms with Crippen LogP contribution in [-0.2, 0) is 14.3 Å². The summed E-state index contributed by atoms with van der Waals surface area (Å²) in [5.74, 6) is 1.68. The monoisotopic (exact) mass is 438 g/mol. The van der Waals surface area contributed by atoms with Crippen molar-refractivity contribution in [3.63, 3.8) is 0 Å². The maximum absolute atomic E-state index is 12.9. The molecule has 168 valence electrons. The van der Waals surface area contributed by atoms with E-state index >= 15 is 0 Å². The van der Waals surface area contributed by atoms with E-state index in [1.807, 2.05) is 18.2 Å². The Morgan fingerprint density at radius 2 is 1.59 bits per heavy atom. The second kappa shape index (κ2) is 8.80. The smallest absolute Gasteiger partial charge is 0.251 e. The first-order valence-corrected chi connectivity index (χ1v) is 10.9. The number of nitrogens with one attached hydrogen (secondary N) is 2. The molecule has 32 heavy (non-hydrogen) atoms. The van der Waals surface area contributed by atoms with Gasteiger partial charge in [-0.2, -0.15) is 0 Å². The van der Waals surface area contributed by atoms with Crippen LogP contribution >= 0.6 is 0 Å². The van der Waals surface area contributed by atoms with Crippen LogP contribution in [-0.4, -0.2) is 56.4 Å². The molecule has 0 aromatic heterocycles. The molecule has 0 radical (unpaired) electrons. The minimum absolute atomic E-state index is 0.0715. The zero-order valence-electron chi connectivity index (χ0n) is 17.8. The van der Waals surface area contributed by atoms with Gasteiger partial charge in [0.05, 0.1) is 32.4 Å². The Morgan fingerprint density at radius 3 is 2.28 bits per heavy atom. The van der Waals surface area contributed by atoms with E-state index in [9.17, 15) is 9.59 Å². The van der Waals surface area contributed by atoms with Gasteiger partial charge in [-0.05, 0) is 43.2 Å². The van der Waals surface area contributed by atoms with E-state index in [-0.39, 0.29) is 42.0 Å². The molecule has 2 aromatic rings. The van der Waals surface area contributed by atoms with E-state index < -0.39 is 0 Å². The summed E-state index contributed by atoms with van der Waals surface area (Å²) < 4.78 is 23.0. The van der Waals surface area contributed by atoms with E-state index in [1.165, 1.54) is 0 Å². The normalized spacial score (nSPS) is 26.3. The number of methoxy groups -OCH3 is 1. The van der Waals surface area contributed by atoms with Gasteiger partial charge in [0.15, 0.2) is 11.5 Å². The Balaban J connectivity index is 1.21. The summed E-state index contributed by atoms with van der Waals surface area (Å²) in [4.78, 5) is 25.0. The highest BCUT2D eigenvalue weighted by Crippen LogP contribution is 2.33. The fourth-order valence-electron chi connectivity index (χ4n) is 4.18. The quantitative estimate of drug-likeness (QED) is 0.689. The third-order valence-electron chi connectivity index (χ3n) is 6.04. The summed E-state index contributed by atoms with van der Waals surface area (Å²) in [6.45, 7) is 0.733. The van der Waals surface area contributed by atoms with Crippen molar-refractivity contribution in [3.05, 3.63) is 54.1 Å². The first kappa shape index (κ1) is 20.8. The van der Waals surface area contributed by atoms with Gasteiger partial charge in [-0.1, -0.05) is 18.2 Å². The van der Waals surface area contributed by atoms with Gasteiger partial charge in [0.2, 0.25) is 5.91 Å². The Kier molecular flexibility index (Phi) is 5.71. The molecule has 0 unspecified atom stereocenters. The van der Waals surface area contributed by atoms with Crippen molar-refractivity contribution in [3.8, 4) is 17.2 Å². The molecule has 3 aliphatic rings. The largest absolute Gasteiger partial charge is 0.493 e. The van der Waals surface area contributed by atoms with Crippen LogP contribution in [0, 0.1) is 5.92 Å². The number of hydrogen-bond acceptors (Lipinski definition) is 6. The van der Waals surface area contributed by atoms with E-state index in [0.29, 0.717) is 36.0 Å². The Hall–Kier alpha value is -3.10. The van der Waals surface area contributed by atoms with Crippen LogP contribution in [0.1, 0.15) is 23.2 Å². The minimum Gasteiger partial charge on any atom is -0.493 e. The SMILES string of the molecule is COc1ccccc1Oc1cccc(C(=O)N[C@H]2CO[C@H]3[C@@H]2OC[C@@H]3NC(=O)C2CC2)c1. The van der Waals surface area contributed by atoms with Gasteiger partial charge < -0.3 is 29.6 Å². The predicted octanol–water partition coefficient (Wildman–Crippen LogP) is 2.28. The lowest BCUT2D eigenvalue weighted by molar-refractivity contribution is -0.123. The second-order valence-corrected chi connectivity index (χ2v) is 8.35. The number of carbonyl (C=O) groups is 2. The van der Waals surface area contributed by atoms with Crippen molar-refractivity contribution in [1.82, 2.24) is 10.6 Å². The fraction of sp³-hybridized carbons (Fsp3) is 0.417. The van der Waals surface area contributed by atoms with Crippen molar-refractivity contribution < 1.29 is 28.5 Å². The molecule has 8 nitrogen and oxygen atoms in total. The molecular weight excluding hydrogens is 412 g/mol. The van der Waals surface area contributed by atoms with Gasteiger partial charge in [0.25, 0.3) is 5.91 Å². The molecule has 5 rings (SSSR count). The summed E-state index contributed by atoms with van der Waals surface area (Å²) in [7, 11) is 1.58. The maximum Gasteiger partial charge on any atom is 0.251 e. The molecule has 0 bridgehead atoms. The van der Waals surface area contributed by atoms with Crippen LogP contribution in [0.15, 0.2) is 48.5 Å². The molecule has 2 aliphatic heterocycles. The molecular formula is C24H26N2O6. The molecule has 3 fully saturated rings. The molecule has 1 saturated carbocycles. The highest BCUT2D eigenvalue weighted by atomic mass is 16.6. The Morgan fingerprint density at radius 1 is 0.906 bits per heavy atom. The van der Waals surface area contributed by atoms with Crippen molar-refractivity contribution in [2.45, 2.75) is 37.1 Å². The molecule has 2 amide bonds. The standard InChI is InChI=1S/C24H26N2O6/c1-29-19-7-2-3-8-20(19)32-16-6-4-5-15(11-16)24(28)26-18-13-31-21-17(12-30-22(18)21)25-23(27)14-9-10-14/h2-8,11,14,17-18,21-22H,9-10,12-13H2,1H3,(H,25,27)(H,26,28)/t17-,18-,21+,22+/m0/s1. The number of carbonyl (C=O) groups excluding carboxylic acids is 2. The van der Waals surface area contributed by atoms with E-state index in [1.54, 1.807) is 37.4 Å². The molecule has 2 aromatic carbocycles. The third kappa shape index (κ3) is 4.28. The fourth-order valence-corrected chi connectivity index (χ4v) is 4.18. The summed E-state index contributed by atoms with van der Waals surface area (Å²) in [6, 6.07) is 13.8. The number of hydrogen-bond donors (Lipinski definition) is 2. The van der Waals surface area contributed by atoms with Crippen LogP contribution in [0.25, 0.3) is 0 Å². The topological polar surface area (TPSA) is 95.1 Å². The summed E-state index contributed by atoms with van der Waals surface area (Å²) in [5, 5.41) is 6.04. The molecule has 1 aliphatic carbocycles. The number of fused-ring (bicyclic) bond motifs is 1. The number of rotatable bonds is 7. The van der Waals surface area contributed by atoms with Gasteiger partial charge in [-0.25, -0.2) is 0 Å². The van der Waals surface area contributed by atoms with Crippen LogP contribution in [0.3, 0.4) is 0 Å². The van der Waals surface area contributed by atoms with E-state index in [4.69, 9.17) is 18.9 Å². The lowest BCUT2D eigenvalue weighted by Gasteiger charge is -2.18. The lowest BCUT2D eigenvalue weighted by Crippen LogP contribution is -2.47. The highest BCUT2D eigenvalue weighted by molar-refractivity contribution is 5.94. The Labute approximate surface area is 186 Å². The first-order chi connectivity index (χ1) is 15.6. The van der Waals surface area contributed by atoms with Crippen molar-refractivity contribution in [2.75, 3.05) is 20.3 Å². The number of para-hydroxylation sites is 2. The van der Waals surface area contributed by atoms with Crippen LogP contribution in [0.4, 0.5) is 0 Å². The Bertz CT molecular complexity index is 1010. The van der Waals surface area contributed by atoms with E-state index in [2.05, 4.69) is 10.6 Å². The average Bonchev–Trinajstić information content (AvgIpc) is 3.49. The summed E-state index contributed by atoms with van der Waals surface area (Å²) >= 11 is 0. The number of benzene rings is 2. The zero-order valence-corrected chi connectivity index (χ0v) is 17.8. The molecule has 2 saturated heterocycles. The zero-order chi connectivity index (χ0) is 22.1. The first-order valence-electron chi connectivity index (χ1n) is 10.9. The minimum atomic E-state index is -0.283. The molecule has 2 N–H and O–H groups in total. The molecule has 4 atom stereocenters. The predicted molar refractivity (Wildman–Crippen MR) is 115 cm³/mol. The molecule has 8 heteroatoms. The van der Waals surface area contributed by atoms with Crippen molar-refractivity contribution >= 4 is 11.8 Å². The van der Waals surface area contributed by atoms with Gasteiger partial charge in [-0.3, -0.25) is 9.59 Å². The highest BCUT2D eigenvalue weighted by Gasteiger charge is 2.49. The van der Waals surface area contributed by atoms with Gasteiger partial charge in [-0.15, -0.1) is 0 Å².